The number of nitrogens with one attached hydrogen (secondary N) is 3. The first-order chi connectivity index (χ1) is 20.3. The van der Waals surface area contributed by atoms with E-state index in [1.807, 2.05) is 0 Å². The Bertz CT molecular complexity index is 707. The molecule has 0 aromatic heterocycles. The molecule has 0 aromatic carbocycles. The van der Waals surface area contributed by atoms with Crippen LogP contribution in [0.15, 0.2) is 0 Å². The first-order valence-corrected chi connectivity index (χ1v) is 18.3. The molecule has 0 atom stereocenters. The van der Waals surface area contributed by atoms with Gasteiger partial charge in [-0.15, -0.1) is 0 Å². The molecule has 0 saturated carbocycles. The van der Waals surface area contributed by atoms with E-state index < -0.39 is 0 Å². The number of amides is 2. The fourth-order valence-electron chi connectivity index (χ4n) is 3.45. The van der Waals surface area contributed by atoms with Crippen LogP contribution in [0.4, 0.5) is 0 Å². The van der Waals surface area contributed by atoms with Gasteiger partial charge in [0.05, 0.1) is 13.2 Å². The minimum atomic E-state index is -0.120. The zero-order valence-electron chi connectivity index (χ0n) is 27.9. The van der Waals surface area contributed by atoms with Gasteiger partial charge in [-0.3, -0.25) is 19.2 Å². The number of thioether (sulfide) groups is 2. The van der Waals surface area contributed by atoms with Crippen molar-refractivity contribution in [1.82, 2.24) is 16.0 Å². The molecule has 0 aromatic rings. The van der Waals surface area contributed by atoms with Gasteiger partial charge in [0, 0.05) is 63.4 Å². The van der Waals surface area contributed by atoms with Crippen molar-refractivity contribution in [3.63, 3.8) is 0 Å². The maximum absolute atomic E-state index is 12.0. The summed E-state index contributed by atoms with van der Waals surface area (Å²) < 4.78 is 10.5. The van der Waals surface area contributed by atoms with Crippen molar-refractivity contribution in [2.45, 2.75) is 106 Å². The van der Waals surface area contributed by atoms with E-state index in [-0.39, 0.29) is 34.6 Å². The lowest BCUT2D eigenvalue weighted by Crippen LogP contribution is -2.36. The molecule has 0 spiro atoms. The Morgan fingerprint density at radius 3 is 1.30 bits per heavy atom. The van der Waals surface area contributed by atoms with Crippen LogP contribution in [-0.2, 0) is 28.7 Å². The summed E-state index contributed by atoms with van der Waals surface area (Å²) in [7, 11) is 0. The third-order valence-electron chi connectivity index (χ3n) is 6.26. The van der Waals surface area contributed by atoms with E-state index in [9.17, 15) is 19.2 Å². The molecule has 43 heavy (non-hydrogen) atoms. The number of hydrogen-bond donors (Lipinski definition) is 3. The van der Waals surface area contributed by atoms with Gasteiger partial charge >= 0.3 is 11.9 Å². The molecule has 0 fully saturated rings. The molecule has 0 aliphatic rings. The van der Waals surface area contributed by atoms with E-state index in [0.29, 0.717) is 65.1 Å². The number of ether oxygens (including phenoxy) is 2. The van der Waals surface area contributed by atoms with E-state index in [4.69, 9.17) is 9.47 Å². The molecule has 2 amide bonds. The summed E-state index contributed by atoms with van der Waals surface area (Å²) in [4.78, 5) is 47.4. The zero-order chi connectivity index (χ0) is 32.4. The first kappa shape index (κ1) is 41.5. The third-order valence-corrected chi connectivity index (χ3v) is 8.40. The fraction of sp³-hybridized carbons (Fsp3) is 0.875. The average molecular weight is 648 g/mol. The van der Waals surface area contributed by atoms with Crippen LogP contribution in [0.25, 0.3) is 0 Å². The maximum atomic E-state index is 12.0. The summed E-state index contributed by atoms with van der Waals surface area (Å²) >= 11 is 3.47. The van der Waals surface area contributed by atoms with Crippen LogP contribution in [-0.4, -0.2) is 86.2 Å². The van der Waals surface area contributed by atoms with E-state index in [1.54, 1.807) is 23.5 Å². The van der Waals surface area contributed by atoms with Crippen LogP contribution in [0.1, 0.15) is 106 Å². The molecule has 9 nitrogen and oxygen atoms in total. The van der Waals surface area contributed by atoms with Gasteiger partial charge in [-0.25, -0.2) is 0 Å². The second kappa shape index (κ2) is 25.8. The molecule has 0 unspecified atom stereocenters. The minimum Gasteiger partial charge on any atom is -0.466 e. The van der Waals surface area contributed by atoms with Gasteiger partial charge in [-0.2, -0.15) is 23.5 Å². The molecule has 3 N–H and O–H groups in total. The Labute approximate surface area is 270 Å². The maximum Gasteiger partial charge on any atom is 0.305 e. The van der Waals surface area contributed by atoms with Crippen molar-refractivity contribution >= 4 is 47.3 Å². The number of rotatable bonds is 26. The quantitative estimate of drug-likeness (QED) is 0.0842. The molecular weight excluding hydrogens is 587 g/mol. The second-order valence-corrected chi connectivity index (χ2v) is 15.6. The zero-order valence-corrected chi connectivity index (χ0v) is 29.5. The summed E-state index contributed by atoms with van der Waals surface area (Å²) in [6.45, 7) is 16.2. The second-order valence-electron chi connectivity index (χ2n) is 13.2. The van der Waals surface area contributed by atoms with Gasteiger partial charge in [-0.05, 0) is 60.9 Å². The van der Waals surface area contributed by atoms with Crippen LogP contribution in [0, 0.1) is 10.8 Å². The summed E-state index contributed by atoms with van der Waals surface area (Å²) in [6, 6.07) is 0. The topological polar surface area (TPSA) is 123 Å². The van der Waals surface area contributed by atoms with E-state index in [2.05, 4.69) is 57.5 Å². The highest BCUT2D eigenvalue weighted by atomic mass is 32.2. The molecule has 0 heterocycles. The third kappa shape index (κ3) is 33.3. The van der Waals surface area contributed by atoms with Crippen LogP contribution in [0.2, 0.25) is 0 Å². The highest BCUT2D eigenvalue weighted by molar-refractivity contribution is 7.99. The van der Waals surface area contributed by atoms with E-state index in [1.165, 1.54) is 0 Å². The lowest BCUT2D eigenvalue weighted by atomic mass is 9.93. The van der Waals surface area contributed by atoms with Gasteiger partial charge in [0.2, 0.25) is 11.8 Å². The summed E-state index contributed by atoms with van der Waals surface area (Å²) in [6.07, 6.45) is 7.14. The SMILES string of the molecule is CC(C)(C)CCOC(=O)CCCCSCCC(=O)NCCNCCNC(=O)CCSCCCCC(=O)OCCC(C)(C)C. The number of esters is 2. The minimum absolute atomic E-state index is 0.0403. The Balaban J connectivity index is 3.43. The molecule has 0 radical (unpaired) electrons. The monoisotopic (exact) mass is 647 g/mol. The smallest absolute Gasteiger partial charge is 0.305 e. The molecule has 0 saturated heterocycles. The lowest BCUT2D eigenvalue weighted by Gasteiger charge is -2.17. The van der Waals surface area contributed by atoms with Crippen LogP contribution >= 0.6 is 23.5 Å². The highest BCUT2D eigenvalue weighted by Crippen LogP contribution is 2.19. The van der Waals surface area contributed by atoms with Gasteiger partial charge in [0.25, 0.3) is 0 Å². The van der Waals surface area contributed by atoms with Crippen LogP contribution < -0.4 is 16.0 Å². The number of unbranched alkanes of at least 4 members (excludes halogenated alkanes) is 2. The predicted molar refractivity (Wildman–Crippen MR) is 181 cm³/mol. The van der Waals surface area contributed by atoms with Crippen molar-refractivity contribution in [1.29, 1.82) is 0 Å². The van der Waals surface area contributed by atoms with Gasteiger partial charge < -0.3 is 25.4 Å². The van der Waals surface area contributed by atoms with Crippen LogP contribution in [0.3, 0.4) is 0 Å². The summed E-state index contributed by atoms with van der Waals surface area (Å²) in [5, 5.41) is 9.03. The molecule has 252 valence electrons. The molecule has 0 rings (SSSR count). The number of carbonyl (C=O) groups is 4. The Morgan fingerprint density at radius 1 is 0.535 bits per heavy atom. The standard InChI is InChI=1S/C32H61N3O6S2/c1-31(2,3)15-21-40-29(38)11-7-9-23-42-25-13-27(36)34-19-17-33-18-20-35-28(37)14-26-43-24-10-8-12-30(39)41-22-16-32(4,5)6/h33H,7-26H2,1-6H3,(H,34,36)(H,35,37). The lowest BCUT2D eigenvalue weighted by molar-refractivity contribution is -0.145. The Kier molecular flexibility index (Phi) is 24.9. The van der Waals surface area contributed by atoms with Crippen molar-refractivity contribution in [3.8, 4) is 0 Å². The average Bonchev–Trinajstić information content (AvgIpc) is 2.90. The van der Waals surface area contributed by atoms with Crippen molar-refractivity contribution in [2.75, 3.05) is 62.4 Å². The Morgan fingerprint density at radius 2 is 0.930 bits per heavy atom. The fourth-order valence-corrected chi connectivity index (χ4v) is 5.33. The molecule has 11 heteroatoms. The molecular formula is C32H61N3O6S2. The van der Waals surface area contributed by atoms with E-state index >= 15 is 0 Å². The van der Waals surface area contributed by atoms with Gasteiger partial charge in [0.1, 0.15) is 0 Å². The molecule has 0 aliphatic carbocycles. The van der Waals surface area contributed by atoms with E-state index in [0.717, 1.165) is 61.5 Å². The number of carbonyl (C=O) groups excluding carboxylic acids is 4. The molecule has 0 bridgehead atoms. The molecule has 0 aliphatic heterocycles. The normalized spacial score (nSPS) is 11.7. The highest BCUT2D eigenvalue weighted by Gasteiger charge is 2.12. The van der Waals surface area contributed by atoms with Crippen molar-refractivity contribution in [2.24, 2.45) is 10.8 Å². The van der Waals surface area contributed by atoms with Gasteiger partial charge in [0.15, 0.2) is 0 Å². The van der Waals surface area contributed by atoms with Crippen molar-refractivity contribution < 1.29 is 28.7 Å². The largest absolute Gasteiger partial charge is 0.466 e. The number of hydrogen-bond acceptors (Lipinski definition) is 9. The van der Waals surface area contributed by atoms with Crippen molar-refractivity contribution in [3.05, 3.63) is 0 Å². The summed E-state index contributed by atoms with van der Waals surface area (Å²) in [5.74, 6) is 3.25. The summed E-state index contributed by atoms with van der Waals surface area (Å²) in [5.41, 5.74) is 0.349. The predicted octanol–water partition coefficient (Wildman–Crippen LogP) is 5.35. The first-order valence-electron chi connectivity index (χ1n) is 16.0. The van der Waals surface area contributed by atoms with Gasteiger partial charge in [-0.1, -0.05) is 41.5 Å². The Hall–Kier alpha value is -1.46. The van der Waals surface area contributed by atoms with Crippen LogP contribution in [0.5, 0.6) is 0 Å².